The van der Waals surface area contributed by atoms with E-state index < -0.39 is 0 Å². The first-order valence-corrected chi connectivity index (χ1v) is 7.87. The first-order chi connectivity index (χ1) is 11.7. The minimum Gasteiger partial charge on any atom is -0.361 e. The third-order valence-corrected chi connectivity index (χ3v) is 4.20. The van der Waals surface area contributed by atoms with E-state index in [0.29, 0.717) is 17.8 Å². The molecule has 0 radical (unpaired) electrons. The molecule has 1 amide bonds. The van der Waals surface area contributed by atoms with Gasteiger partial charge in [-0.25, -0.2) is 0 Å². The third kappa shape index (κ3) is 2.52. The van der Waals surface area contributed by atoms with Crippen molar-refractivity contribution < 1.29 is 4.79 Å². The van der Waals surface area contributed by atoms with Crippen LogP contribution >= 0.6 is 0 Å². The molecule has 0 aliphatic rings. The summed E-state index contributed by atoms with van der Waals surface area (Å²) in [5.74, 6) is 0.703. The largest absolute Gasteiger partial charge is 0.361 e. The highest BCUT2D eigenvalue weighted by Crippen LogP contribution is 2.17. The molecule has 4 aromatic rings. The molecule has 0 unspecified atom stereocenters. The average molecular weight is 319 g/mol. The first-order valence-electron chi connectivity index (χ1n) is 7.87. The number of fused-ring (bicyclic) bond motifs is 2. The van der Waals surface area contributed by atoms with Gasteiger partial charge in [-0.1, -0.05) is 18.2 Å². The van der Waals surface area contributed by atoms with Crippen LogP contribution in [0.1, 0.15) is 21.7 Å². The molecule has 1 aromatic carbocycles. The van der Waals surface area contributed by atoms with Gasteiger partial charge in [0.25, 0.3) is 5.91 Å². The normalized spacial score (nSPS) is 11.2. The summed E-state index contributed by atoms with van der Waals surface area (Å²) in [6, 6.07) is 11.7. The highest BCUT2D eigenvalue weighted by Gasteiger charge is 2.09. The SMILES string of the molecule is Cc1nnc2cc(C(=O)NCCc3c[nH]c4ccccc34)ccn12. The Balaban J connectivity index is 1.44. The number of hydrogen-bond acceptors (Lipinski definition) is 3. The maximum absolute atomic E-state index is 12.3. The lowest BCUT2D eigenvalue weighted by Gasteiger charge is -2.05. The minimum atomic E-state index is -0.0991. The van der Waals surface area contributed by atoms with Crippen LogP contribution in [0.5, 0.6) is 0 Å². The van der Waals surface area contributed by atoms with Crippen molar-refractivity contribution in [2.24, 2.45) is 0 Å². The van der Waals surface area contributed by atoms with Crippen LogP contribution in [0.3, 0.4) is 0 Å². The smallest absolute Gasteiger partial charge is 0.251 e. The summed E-state index contributed by atoms with van der Waals surface area (Å²) in [4.78, 5) is 15.6. The number of pyridine rings is 1. The Labute approximate surface area is 138 Å². The summed E-state index contributed by atoms with van der Waals surface area (Å²) in [6.07, 6.45) is 4.60. The first kappa shape index (κ1) is 14.4. The van der Waals surface area contributed by atoms with Gasteiger partial charge in [-0.3, -0.25) is 9.20 Å². The molecule has 0 spiro atoms. The number of para-hydroxylation sites is 1. The predicted molar refractivity (Wildman–Crippen MR) is 92.1 cm³/mol. The van der Waals surface area contributed by atoms with Crippen LogP contribution in [-0.4, -0.2) is 32.0 Å². The van der Waals surface area contributed by atoms with Crippen molar-refractivity contribution in [1.82, 2.24) is 24.9 Å². The number of benzene rings is 1. The van der Waals surface area contributed by atoms with Crippen LogP contribution in [0.2, 0.25) is 0 Å². The zero-order valence-electron chi connectivity index (χ0n) is 13.3. The maximum atomic E-state index is 12.3. The van der Waals surface area contributed by atoms with E-state index in [0.717, 1.165) is 17.8 Å². The van der Waals surface area contributed by atoms with E-state index in [-0.39, 0.29) is 5.91 Å². The topological polar surface area (TPSA) is 75.1 Å². The highest BCUT2D eigenvalue weighted by atomic mass is 16.1. The van der Waals surface area contributed by atoms with Crippen LogP contribution in [-0.2, 0) is 6.42 Å². The summed E-state index contributed by atoms with van der Waals surface area (Å²) in [5, 5.41) is 12.2. The molecule has 0 bridgehead atoms. The van der Waals surface area contributed by atoms with Crippen LogP contribution < -0.4 is 5.32 Å². The third-order valence-electron chi connectivity index (χ3n) is 4.20. The maximum Gasteiger partial charge on any atom is 0.251 e. The van der Waals surface area contributed by atoms with Gasteiger partial charge in [0.1, 0.15) is 5.82 Å². The summed E-state index contributed by atoms with van der Waals surface area (Å²) >= 11 is 0. The van der Waals surface area contributed by atoms with Crippen molar-refractivity contribution in [3.63, 3.8) is 0 Å². The second-order valence-corrected chi connectivity index (χ2v) is 5.76. The lowest BCUT2D eigenvalue weighted by atomic mass is 10.1. The van der Waals surface area contributed by atoms with E-state index in [9.17, 15) is 4.79 Å². The van der Waals surface area contributed by atoms with Gasteiger partial charge in [0.2, 0.25) is 0 Å². The fourth-order valence-electron chi connectivity index (χ4n) is 2.90. The molecule has 2 N–H and O–H groups in total. The van der Waals surface area contributed by atoms with E-state index >= 15 is 0 Å². The molecule has 0 atom stereocenters. The van der Waals surface area contributed by atoms with Crippen molar-refractivity contribution >= 4 is 22.5 Å². The lowest BCUT2D eigenvalue weighted by Crippen LogP contribution is -2.25. The predicted octanol–water partition coefficient (Wildman–Crippen LogP) is 2.49. The fourth-order valence-corrected chi connectivity index (χ4v) is 2.90. The number of H-pyrrole nitrogens is 1. The highest BCUT2D eigenvalue weighted by molar-refractivity contribution is 5.95. The van der Waals surface area contributed by atoms with Gasteiger partial charge in [0, 0.05) is 35.4 Å². The number of carbonyl (C=O) groups excluding carboxylic acids is 1. The summed E-state index contributed by atoms with van der Waals surface area (Å²) < 4.78 is 1.85. The lowest BCUT2D eigenvalue weighted by molar-refractivity contribution is 0.0954. The molecule has 0 aliphatic carbocycles. The number of carbonyl (C=O) groups is 1. The number of aryl methyl sites for hydroxylation is 1. The minimum absolute atomic E-state index is 0.0991. The van der Waals surface area contributed by atoms with Gasteiger partial charge in [0.15, 0.2) is 5.65 Å². The average Bonchev–Trinajstić information content (AvgIpc) is 3.19. The summed E-state index contributed by atoms with van der Waals surface area (Å²) in [6.45, 7) is 2.46. The molecule has 0 saturated carbocycles. The summed E-state index contributed by atoms with van der Waals surface area (Å²) in [7, 11) is 0. The molecule has 0 fully saturated rings. The standard InChI is InChI=1S/C18H17N5O/c1-12-21-22-17-10-13(7-9-23(12)17)18(24)19-8-6-14-11-20-16-5-3-2-4-15(14)16/h2-5,7,9-11,20H,6,8H2,1H3,(H,19,24). The number of aromatic nitrogens is 4. The van der Waals surface area contributed by atoms with Crippen molar-refractivity contribution in [3.05, 3.63) is 65.7 Å². The van der Waals surface area contributed by atoms with E-state index in [1.165, 1.54) is 10.9 Å². The Kier molecular flexibility index (Phi) is 3.49. The second kappa shape index (κ2) is 5.81. The Morgan fingerprint density at radius 3 is 3.04 bits per heavy atom. The molecule has 0 saturated heterocycles. The number of amides is 1. The zero-order chi connectivity index (χ0) is 16.5. The van der Waals surface area contributed by atoms with Gasteiger partial charge in [0.05, 0.1) is 0 Å². The quantitative estimate of drug-likeness (QED) is 0.607. The van der Waals surface area contributed by atoms with Crippen LogP contribution in [0, 0.1) is 6.92 Å². The molecule has 4 rings (SSSR count). The number of aromatic amines is 1. The monoisotopic (exact) mass is 319 g/mol. The van der Waals surface area contributed by atoms with Crippen molar-refractivity contribution in [2.45, 2.75) is 13.3 Å². The van der Waals surface area contributed by atoms with Gasteiger partial charge < -0.3 is 10.3 Å². The number of hydrogen-bond donors (Lipinski definition) is 2. The molecule has 3 aromatic heterocycles. The molecule has 6 heteroatoms. The number of nitrogens with zero attached hydrogens (tertiary/aromatic N) is 3. The molecule has 6 nitrogen and oxygen atoms in total. The Bertz CT molecular complexity index is 1030. The van der Waals surface area contributed by atoms with Crippen LogP contribution in [0.4, 0.5) is 0 Å². The molecule has 0 aliphatic heterocycles. The van der Waals surface area contributed by atoms with Crippen molar-refractivity contribution in [1.29, 1.82) is 0 Å². The van der Waals surface area contributed by atoms with E-state index in [4.69, 9.17) is 0 Å². The summed E-state index contributed by atoms with van der Waals surface area (Å²) in [5.41, 5.74) is 3.59. The van der Waals surface area contributed by atoms with Gasteiger partial charge in [-0.05, 0) is 37.1 Å². The van der Waals surface area contributed by atoms with Gasteiger partial charge >= 0.3 is 0 Å². The van der Waals surface area contributed by atoms with Crippen molar-refractivity contribution in [2.75, 3.05) is 6.54 Å². The number of rotatable bonds is 4. The van der Waals surface area contributed by atoms with Crippen molar-refractivity contribution in [3.8, 4) is 0 Å². The molecular weight excluding hydrogens is 302 g/mol. The molecule has 120 valence electrons. The molecule has 3 heterocycles. The zero-order valence-corrected chi connectivity index (χ0v) is 13.3. The van der Waals surface area contributed by atoms with E-state index in [1.54, 1.807) is 12.1 Å². The second-order valence-electron chi connectivity index (χ2n) is 5.76. The van der Waals surface area contributed by atoms with Gasteiger partial charge in [-0.2, -0.15) is 0 Å². The Morgan fingerprint density at radius 1 is 1.25 bits per heavy atom. The Hall–Kier alpha value is -3.15. The van der Waals surface area contributed by atoms with E-state index in [2.05, 4.69) is 26.6 Å². The van der Waals surface area contributed by atoms with Crippen LogP contribution in [0.15, 0.2) is 48.8 Å². The van der Waals surface area contributed by atoms with Crippen LogP contribution in [0.25, 0.3) is 16.6 Å². The number of nitrogens with one attached hydrogen (secondary N) is 2. The Morgan fingerprint density at radius 2 is 2.12 bits per heavy atom. The fraction of sp³-hybridized carbons (Fsp3) is 0.167. The van der Waals surface area contributed by atoms with Gasteiger partial charge in [-0.15, -0.1) is 10.2 Å². The molecule has 24 heavy (non-hydrogen) atoms. The molecular formula is C18H17N5O. The van der Waals surface area contributed by atoms with E-state index in [1.807, 2.05) is 41.9 Å².